The van der Waals surface area contributed by atoms with Crippen LogP contribution < -0.4 is 0 Å². The Bertz CT molecular complexity index is 211. The van der Waals surface area contributed by atoms with Crippen molar-refractivity contribution in [1.29, 1.82) is 0 Å². The summed E-state index contributed by atoms with van der Waals surface area (Å²) in [6.45, 7) is 11.2. The average Bonchev–Trinajstić information content (AvgIpc) is 2.16. The van der Waals surface area contributed by atoms with E-state index in [1.54, 1.807) is 0 Å². The molecule has 1 heteroatoms. The Morgan fingerprint density at radius 3 is 2.07 bits per heavy atom. The zero-order chi connectivity index (χ0) is 11.1. The lowest BCUT2D eigenvalue weighted by Gasteiger charge is -2.19. The molecule has 1 nitrogen and oxygen atoms in total. The quantitative estimate of drug-likeness (QED) is 0.586. The number of nitrogens with zero attached hydrogens (tertiary/aromatic N) is 1. The molecule has 1 atom stereocenters. The third kappa shape index (κ3) is 3.65. The first-order chi connectivity index (χ1) is 6.58. The molecule has 0 aromatic carbocycles. The average molecular weight is 195 g/mol. The summed E-state index contributed by atoms with van der Waals surface area (Å²) >= 11 is 0. The van der Waals surface area contributed by atoms with Crippen LogP contribution in [-0.2, 0) is 0 Å². The van der Waals surface area contributed by atoms with Gasteiger partial charge in [-0.25, -0.2) is 0 Å². The Morgan fingerprint density at radius 1 is 1.21 bits per heavy atom. The molecule has 14 heavy (non-hydrogen) atoms. The van der Waals surface area contributed by atoms with Crippen LogP contribution in [-0.4, -0.2) is 12.8 Å². The molecule has 0 rings (SSSR count). The molecule has 0 spiro atoms. The lowest BCUT2D eigenvalue weighted by molar-refractivity contribution is 0.710. The maximum Gasteiger partial charge on any atom is 0.0404 e. The lowest BCUT2D eigenvalue weighted by atomic mass is 9.88. The van der Waals surface area contributed by atoms with Gasteiger partial charge < -0.3 is 0 Å². The van der Waals surface area contributed by atoms with Crippen LogP contribution in [0.5, 0.6) is 0 Å². The SMILES string of the molecule is CC/C=C(\C(=N/C)C(C)CC)C(C)C. The predicted octanol–water partition coefficient (Wildman–Crippen LogP) is 4.10. The summed E-state index contributed by atoms with van der Waals surface area (Å²) in [6.07, 6.45) is 4.59. The number of aliphatic imine (C=N–C) groups is 1. The molecule has 0 radical (unpaired) electrons. The molecule has 0 bridgehead atoms. The highest BCUT2D eigenvalue weighted by Gasteiger charge is 2.15. The highest BCUT2D eigenvalue weighted by atomic mass is 14.7. The van der Waals surface area contributed by atoms with Gasteiger partial charge in [0.15, 0.2) is 0 Å². The van der Waals surface area contributed by atoms with Crippen molar-refractivity contribution in [2.24, 2.45) is 16.8 Å². The fraction of sp³-hybridized carbons (Fsp3) is 0.769. The van der Waals surface area contributed by atoms with E-state index in [1.807, 2.05) is 7.05 Å². The van der Waals surface area contributed by atoms with Crippen LogP contribution in [0.2, 0.25) is 0 Å². The van der Waals surface area contributed by atoms with Gasteiger partial charge in [0.1, 0.15) is 0 Å². The van der Waals surface area contributed by atoms with Crippen molar-refractivity contribution < 1.29 is 0 Å². The molecule has 0 amide bonds. The molecule has 0 aliphatic carbocycles. The van der Waals surface area contributed by atoms with Crippen molar-refractivity contribution in [2.45, 2.75) is 47.5 Å². The number of hydrogen-bond donors (Lipinski definition) is 0. The van der Waals surface area contributed by atoms with Crippen LogP contribution in [0.4, 0.5) is 0 Å². The summed E-state index contributed by atoms with van der Waals surface area (Å²) in [5.74, 6) is 1.17. The molecule has 0 saturated heterocycles. The highest BCUT2D eigenvalue weighted by molar-refractivity contribution is 6.01. The molecule has 82 valence electrons. The molecule has 0 aliphatic rings. The molecule has 0 aromatic heterocycles. The maximum atomic E-state index is 4.45. The summed E-state index contributed by atoms with van der Waals surface area (Å²) in [5, 5.41) is 0. The molecule has 0 heterocycles. The fourth-order valence-corrected chi connectivity index (χ4v) is 1.68. The standard InChI is InChI=1S/C13H25N/c1-7-9-12(10(3)4)13(14-6)11(5)8-2/h9-11H,7-8H2,1-6H3/b12-9-,14-13-. The number of hydrogen-bond acceptors (Lipinski definition) is 1. The second-order valence-electron chi connectivity index (χ2n) is 4.14. The van der Waals surface area contributed by atoms with E-state index in [-0.39, 0.29) is 0 Å². The van der Waals surface area contributed by atoms with E-state index in [0.29, 0.717) is 11.8 Å². The molecule has 0 saturated carbocycles. The second kappa shape index (κ2) is 6.80. The predicted molar refractivity (Wildman–Crippen MR) is 66.0 cm³/mol. The summed E-state index contributed by atoms with van der Waals surface area (Å²) in [5.41, 5.74) is 2.73. The van der Waals surface area contributed by atoms with Gasteiger partial charge >= 0.3 is 0 Å². The van der Waals surface area contributed by atoms with Crippen LogP contribution in [0.1, 0.15) is 47.5 Å². The maximum absolute atomic E-state index is 4.45. The zero-order valence-corrected chi connectivity index (χ0v) is 10.6. The van der Waals surface area contributed by atoms with Gasteiger partial charge in [-0.15, -0.1) is 0 Å². The summed E-state index contributed by atoms with van der Waals surface area (Å²) in [6, 6.07) is 0. The Kier molecular flexibility index (Phi) is 6.52. The van der Waals surface area contributed by atoms with Gasteiger partial charge in [-0.3, -0.25) is 4.99 Å². The molecular weight excluding hydrogens is 170 g/mol. The van der Waals surface area contributed by atoms with Gasteiger partial charge in [0.2, 0.25) is 0 Å². The van der Waals surface area contributed by atoms with Gasteiger partial charge in [-0.2, -0.15) is 0 Å². The second-order valence-corrected chi connectivity index (χ2v) is 4.14. The first-order valence-electron chi connectivity index (χ1n) is 5.75. The van der Waals surface area contributed by atoms with Crippen LogP contribution >= 0.6 is 0 Å². The Labute approximate surface area is 89.3 Å². The normalized spacial score (nSPS) is 16.2. The summed E-state index contributed by atoms with van der Waals surface area (Å²) < 4.78 is 0. The van der Waals surface area contributed by atoms with Crippen molar-refractivity contribution in [3.05, 3.63) is 11.6 Å². The smallest absolute Gasteiger partial charge is 0.0404 e. The van der Waals surface area contributed by atoms with E-state index in [0.717, 1.165) is 6.42 Å². The van der Waals surface area contributed by atoms with Crippen molar-refractivity contribution in [3.63, 3.8) is 0 Å². The van der Waals surface area contributed by atoms with Crippen LogP contribution in [0.3, 0.4) is 0 Å². The van der Waals surface area contributed by atoms with Gasteiger partial charge in [0.25, 0.3) is 0 Å². The molecule has 0 N–H and O–H groups in total. The van der Waals surface area contributed by atoms with Crippen molar-refractivity contribution in [3.8, 4) is 0 Å². The van der Waals surface area contributed by atoms with E-state index >= 15 is 0 Å². The van der Waals surface area contributed by atoms with Gasteiger partial charge in [-0.1, -0.05) is 40.7 Å². The number of rotatable bonds is 5. The minimum Gasteiger partial charge on any atom is -0.293 e. The first-order valence-corrected chi connectivity index (χ1v) is 5.75. The molecule has 1 unspecified atom stereocenters. The van der Waals surface area contributed by atoms with Crippen LogP contribution in [0, 0.1) is 11.8 Å². The lowest BCUT2D eigenvalue weighted by Crippen LogP contribution is -2.17. The summed E-state index contributed by atoms with van der Waals surface area (Å²) in [4.78, 5) is 4.45. The summed E-state index contributed by atoms with van der Waals surface area (Å²) in [7, 11) is 1.91. The zero-order valence-electron chi connectivity index (χ0n) is 10.6. The third-order valence-electron chi connectivity index (χ3n) is 2.66. The number of allylic oxidation sites excluding steroid dienone is 2. The van der Waals surface area contributed by atoms with Gasteiger partial charge in [-0.05, 0) is 30.3 Å². The van der Waals surface area contributed by atoms with E-state index in [1.165, 1.54) is 17.7 Å². The first kappa shape index (κ1) is 13.4. The Morgan fingerprint density at radius 2 is 1.79 bits per heavy atom. The third-order valence-corrected chi connectivity index (χ3v) is 2.66. The topological polar surface area (TPSA) is 12.4 Å². The minimum absolute atomic E-state index is 0.584. The van der Waals surface area contributed by atoms with Crippen LogP contribution in [0.15, 0.2) is 16.6 Å². The van der Waals surface area contributed by atoms with E-state index < -0.39 is 0 Å². The van der Waals surface area contributed by atoms with E-state index in [4.69, 9.17) is 0 Å². The molecule has 0 aliphatic heterocycles. The molecular formula is C13H25N. The molecule has 0 fully saturated rings. The van der Waals surface area contributed by atoms with E-state index in [9.17, 15) is 0 Å². The fourth-order valence-electron chi connectivity index (χ4n) is 1.68. The molecule has 0 aromatic rings. The van der Waals surface area contributed by atoms with Crippen molar-refractivity contribution >= 4 is 5.71 Å². The van der Waals surface area contributed by atoms with E-state index in [2.05, 4.69) is 45.7 Å². The van der Waals surface area contributed by atoms with Crippen molar-refractivity contribution in [1.82, 2.24) is 0 Å². The largest absolute Gasteiger partial charge is 0.293 e. The Hall–Kier alpha value is -0.590. The van der Waals surface area contributed by atoms with Gasteiger partial charge in [0.05, 0.1) is 0 Å². The monoisotopic (exact) mass is 195 g/mol. The van der Waals surface area contributed by atoms with Gasteiger partial charge in [0, 0.05) is 12.8 Å². The van der Waals surface area contributed by atoms with Crippen molar-refractivity contribution in [2.75, 3.05) is 7.05 Å². The Balaban J connectivity index is 4.88. The minimum atomic E-state index is 0.584. The highest BCUT2D eigenvalue weighted by Crippen LogP contribution is 2.19. The van der Waals surface area contributed by atoms with Crippen LogP contribution in [0.25, 0.3) is 0 Å².